The highest BCUT2D eigenvalue weighted by atomic mass is 32.2. The van der Waals surface area contributed by atoms with Gasteiger partial charge in [0.1, 0.15) is 11.6 Å². The number of aromatic carboxylic acids is 1. The predicted octanol–water partition coefficient (Wildman–Crippen LogP) is 7.39. The first kappa shape index (κ1) is 36.5. The molecule has 0 aromatic heterocycles. The van der Waals surface area contributed by atoms with Crippen LogP contribution in [0, 0.1) is 34.6 Å². The molecule has 14 heteroatoms. The lowest BCUT2D eigenvalue weighted by Gasteiger charge is -2.29. The molecule has 0 aliphatic heterocycles. The van der Waals surface area contributed by atoms with Gasteiger partial charge >= 0.3 is 5.97 Å². The molecule has 6 rings (SSSR count). The summed E-state index contributed by atoms with van der Waals surface area (Å²) in [5.74, 6) is -9.90. The molecule has 1 N–H and O–H groups in total. The standard InChI is InChI=1S/C38H33F4N3O6S/c1-2-51-33-16-25(38(47)48)11-12-32(33)45(19-22-13-28(23-7-8-23)15-29(14-22)24-9-10-24)34(46)21-44(20-27-6-4-3-5-26(27)18-43)52(49,50)37-31(40)17-30(39)35(41)36(37)42/h3-6,11-17,23-24H,2,7-10,19-21H2,1H3,(H,47,48). The number of hydrogen-bond acceptors (Lipinski definition) is 6. The quantitative estimate of drug-likeness (QED) is 0.0813. The molecule has 9 nitrogen and oxygen atoms in total. The summed E-state index contributed by atoms with van der Waals surface area (Å²) in [5, 5.41) is 19.4. The van der Waals surface area contributed by atoms with Crippen LogP contribution in [0.4, 0.5) is 23.2 Å². The van der Waals surface area contributed by atoms with E-state index in [9.17, 15) is 37.2 Å². The maximum atomic E-state index is 15.1. The molecule has 0 heterocycles. The summed E-state index contributed by atoms with van der Waals surface area (Å²) in [5.41, 5.74) is 2.88. The highest BCUT2D eigenvalue weighted by Gasteiger charge is 2.37. The Morgan fingerprint density at radius 2 is 1.54 bits per heavy atom. The largest absolute Gasteiger partial charge is 0.492 e. The first-order chi connectivity index (χ1) is 24.8. The predicted molar refractivity (Wildman–Crippen MR) is 181 cm³/mol. The number of amides is 1. The van der Waals surface area contributed by atoms with Crippen molar-refractivity contribution in [2.45, 2.75) is 62.4 Å². The first-order valence-electron chi connectivity index (χ1n) is 16.6. The number of carbonyl (C=O) groups is 2. The molecule has 0 saturated heterocycles. The van der Waals surface area contributed by atoms with Crippen LogP contribution in [0.5, 0.6) is 5.75 Å². The van der Waals surface area contributed by atoms with Gasteiger partial charge in [0.25, 0.3) is 0 Å². The third-order valence-electron chi connectivity index (χ3n) is 9.04. The van der Waals surface area contributed by atoms with Crippen LogP contribution in [0.3, 0.4) is 0 Å². The van der Waals surface area contributed by atoms with Crippen molar-refractivity contribution in [1.82, 2.24) is 4.31 Å². The Bertz CT molecular complexity index is 2190. The van der Waals surface area contributed by atoms with Crippen molar-refractivity contribution in [3.63, 3.8) is 0 Å². The molecule has 0 unspecified atom stereocenters. The van der Waals surface area contributed by atoms with Crippen molar-refractivity contribution in [2.24, 2.45) is 0 Å². The second kappa shape index (κ2) is 14.8. The van der Waals surface area contributed by atoms with Crippen LogP contribution in [0.15, 0.2) is 71.6 Å². The molecule has 2 fully saturated rings. The van der Waals surface area contributed by atoms with Gasteiger partial charge in [0.05, 0.1) is 42.6 Å². The summed E-state index contributed by atoms with van der Waals surface area (Å²) in [6, 6.07) is 17.4. The summed E-state index contributed by atoms with van der Waals surface area (Å²) in [4.78, 5) is 25.8. The lowest BCUT2D eigenvalue weighted by atomic mass is 9.99. The Morgan fingerprint density at radius 3 is 2.13 bits per heavy atom. The average Bonchev–Trinajstić information content (AvgIpc) is 4.03. The lowest BCUT2D eigenvalue weighted by Crippen LogP contribution is -2.43. The van der Waals surface area contributed by atoms with E-state index >= 15 is 8.78 Å². The zero-order valence-corrected chi connectivity index (χ0v) is 28.7. The molecule has 0 atom stereocenters. The number of carbonyl (C=O) groups excluding carboxylic acids is 1. The van der Waals surface area contributed by atoms with E-state index in [0.29, 0.717) is 21.7 Å². The van der Waals surface area contributed by atoms with Gasteiger partial charge in [0.15, 0.2) is 22.3 Å². The van der Waals surface area contributed by atoms with Crippen molar-refractivity contribution < 1.29 is 45.4 Å². The molecule has 0 radical (unpaired) electrons. The van der Waals surface area contributed by atoms with E-state index in [0.717, 1.165) is 36.8 Å². The number of anilines is 1. The van der Waals surface area contributed by atoms with Crippen molar-refractivity contribution in [1.29, 1.82) is 5.26 Å². The van der Waals surface area contributed by atoms with Gasteiger partial charge in [-0.3, -0.25) is 4.79 Å². The number of halogens is 4. The summed E-state index contributed by atoms with van der Waals surface area (Å²) >= 11 is 0. The van der Waals surface area contributed by atoms with E-state index in [-0.39, 0.29) is 47.3 Å². The molecule has 270 valence electrons. The molecule has 52 heavy (non-hydrogen) atoms. The Balaban J connectivity index is 1.47. The Hall–Kier alpha value is -5.26. The number of sulfonamides is 1. The van der Waals surface area contributed by atoms with Crippen LogP contribution in [-0.4, -0.2) is 42.9 Å². The zero-order valence-electron chi connectivity index (χ0n) is 27.9. The molecule has 4 aromatic carbocycles. The fraction of sp³-hybridized carbons (Fsp3) is 0.289. The van der Waals surface area contributed by atoms with E-state index in [4.69, 9.17) is 4.74 Å². The summed E-state index contributed by atoms with van der Waals surface area (Å²) < 4.78 is 92.7. The molecule has 4 aromatic rings. The van der Waals surface area contributed by atoms with Crippen molar-refractivity contribution in [3.05, 3.63) is 123 Å². The molecular weight excluding hydrogens is 702 g/mol. The molecule has 2 aliphatic carbocycles. The third kappa shape index (κ3) is 7.66. The molecule has 2 aliphatic rings. The molecule has 1 amide bonds. The van der Waals surface area contributed by atoms with E-state index in [1.807, 2.05) is 18.2 Å². The number of benzene rings is 4. The number of carboxylic acids is 1. The lowest BCUT2D eigenvalue weighted by molar-refractivity contribution is -0.119. The van der Waals surface area contributed by atoms with Crippen LogP contribution < -0.4 is 9.64 Å². The van der Waals surface area contributed by atoms with Gasteiger partial charge in [-0.15, -0.1) is 0 Å². The first-order valence-corrected chi connectivity index (χ1v) is 18.0. The highest BCUT2D eigenvalue weighted by Crippen LogP contribution is 2.46. The van der Waals surface area contributed by atoms with Gasteiger partial charge in [0, 0.05) is 12.6 Å². The molecule has 2 saturated carbocycles. The van der Waals surface area contributed by atoms with E-state index in [1.54, 1.807) is 6.92 Å². The van der Waals surface area contributed by atoms with Crippen molar-refractivity contribution >= 4 is 27.6 Å². The normalized spacial score (nSPS) is 14.2. The number of hydrogen-bond donors (Lipinski definition) is 1. The van der Waals surface area contributed by atoms with Gasteiger partial charge in [-0.1, -0.05) is 36.4 Å². The van der Waals surface area contributed by atoms with Crippen LogP contribution in [-0.2, 0) is 27.9 Å². The van der Waals surface area contributed by atoms with Crippen LogP contribution in [0.2, 0.25) is 0 Å². The smallest absolute Gasteiger partial charge is 0.335 e. The van der Waals surface area contributed by atoms with Gasteiger partial charge in [-0.05, 0) is 91.0 Å². The Kier molecular flexibility index (Phi) is 10.4. The maximum Gasteiger partial charge on any atom is 0.335 e. The topological polar surface area (TPSA) is 128 Å². The van der Waals surface area contributed by atoms with Crippen LogP contribution in [0.1, 0.15) is 82.6 Å². The second-order valence-electron chi connectivity index (χ2n) is 12.8. The number of carboxylic acid groups (broad SMARTS) is 1. The average molecular weight is 736 g/mol. The summed E-state index contributed by atoms with van der Waals surface area (Å²) in [7, 11) is -5.46. The summed E-state index contributed by atoms with van der Waals surface area (Å²) in [6.07, 6.45) is 4.04. The van der Waals surface area contributed by atoms with Gasteiger partial charge < -0.3 is 14.7 Å². The fourth-order valence-electron chi connectivity index (χ4n) is 6.11. The second-order valence-corrected chi connectivity index (χ2v) is 14.7. The third-order valence-corrected chi connectivity index (χ3v) is 10.9. The van der Waals surface area contributed by atoms with E-state index in [1.165, 1.54) is 47.4 Å². The number of nitriles is 1. The van der Waals surface area contributed by atoms with E-state index in [2.05, 4.69) is 6.07 Å². The van der Waals surface area contributed by atoms with Crippen LogP contribution in [0.25, 0.3) is 0 Å². The monoisotopic (exact) mass is 735 g/mol. The minimum Gasteiger partial charge on any atom is -0.492 e. The number of rotatable bonds is 14. The fourth-order valence-corrected chi connectivity index (χ4v) is 7.58. The molecular formula is C38H33F4N3O6S. The minimum absolute atomic E-state index is 0.00144. The number of ether oxygens (including phenoxy) is 1. The molecule has 0 bridgehead atoms. The minimum atomic E-state index is -5.46. The van der Waals surface area contributed by atoms with Gasteiger partial charge in [0.2, 0.25) is 15.9 Å². The zero-order chi connectivity index (χ0) is 37.3. The Morgan fingerprint density at radius 1 is 0.885 bits per heavy atom. The van der Waals surface area contributed by atoms with Gasteiger partial charge in [-0.25, -0.2) is 30.8 Å². The summed E-state index contributed by atoms with van der Waals surface area (Å²) in [6.45, 7) is -0.271. The molecule has 0 spiro atoms. The highest BCUT2D eigenvalue weighted by molar-refractivity contribution is 7.89. The van der Waals surface area contributed by atoms with Crippen LogP contribution >= 0.6 is 0 Å². The number of nitrogens with zero attached hydrogens (tertiary/aromatic N) is 3. The SMILES string of the molecule is CCOc1cc(C(=O)O)ccc1N(Cc1cc(C2CC2)cc(C2CC2)c1)C(=O)CN(Cc1ccccc1C#N)S(=O)(=O)c1c(F)cc(F)c(F)c1F. The van der Waals surface area contributed by atoms with Crippen molar-refractivity contribution in [2.75, 3.05) is 18.1 Å². The van der Waals surface area contributed by atoms with E-state index < -0.39 is 63.2 Å². The van der Waals surface area contributed by atoms with Crippen molar-refractivity contribution in [3.8, 4) is 11.8 Å². The van der Waals surface area contributed by atoms with Gasteiger partial charge in [-0.2, -0.15) is 9.57 Å². The maximum absolute atomic E-state index is 15.1. The Labute approximate surface area is 297 Å².